The zero-order valence-electron chi connectivity index (χ0n) is 16.0. The van der Waals surface area contributed by atoms with E-state index in [0.29, 0.717) is 5.92 Å². The van der Waals surface area contributed by atoms with Gasteiger partial charge in [-0.15, -0.1) is 0 Å². The van der Waals surface area contributed by atoms with Gasteiger partial charge in [0.2, 0.25) is 5.91 Å². The Kier molecular flexibility index (Phi) is 6.19. The topological polar surface area (TPSA) is 29.1 Å². The molecule has 132 valence electrons. The summed E-state index contributed by atoms with van der Waals surface area (Å²) in [5.74, 6) is 0.428. The second kappa shape index (κ2) is 8.15. The molecule has 0 aliphatic carbocycles. The van der Waals surface area contributed by atoms with Crippen LogP contribution >= 0.6 is 0 Å². The van der Waals surface area contributed by atoms with Crippen molar-refractivity contribution in [2.45, 2.75) is 52.4 Å². The number of amides is 1. The SMILES string of the molecule is CCC(C)c1ccc(NC(=O)/C=C/c2ccc(C(C)(C)C)cc2)cc1. The maximum absolute atomic E-state index is 12.1. The summed E-state index contributed by atoms with van der Waals surface area (Å²) < 4.78 is 0. The van der Waals surface area contributed by atoms with Crippen LogP contribution in [0.3, 0.4) is 0 Å². The lowest BCUT2D eigenvalue weighted by atomic mass is 9.87. The summed E-state index contributed by atoms with van der Waals surface area (Å²) in [5.41, 5.74) is 4.58. The molecule has 2 rings (SSSR count). The number of hydrogen-bond donors (Lipinski definition) is 1. The van der Waals surface area contributed by atoms with Crippen LogP contribution in [0.5, 0.6) is 0 Å². The highest BCUT2D eigenvalue weighted by Crippen LogP contribution is 2.23. The molecule has 0 saturated carbocycles. The molecule has 1 atom stereocenters. The van der Waals surface area contributed by atoms with Crippen molar-refractivity contribution in [3.05, 3.63) is 71.3 Å². The number of benzene rings is 2. The first-order chi connectivity index (χ1) is 11.8. The average Bonchev–Trinajstić information content (AvgIpc) is 2.59. The number of anilines is 1. The fourth-order valence-corrected chi connectivity index (χ4v) is 2.58. The molecule has 2 aromatic rings. The Morgan fingerprint density at radius 1 is 1.04 bits per heavy atom. The third-order valence-electron chi connectivity index (χ3n) is 4.56. The van der Waals surface area contributed by atoms with E-state index >= 15 is 0 Å². The molecule has 0 aliphatic rings. The highest BCUT2D eigenvalue weighted by molar-refractivity contribution is 6.01. The Labute approximate surface area is 152 Å². The van der Waals surface area contributed by atoms with Crippen LogP contribution in [0.1, 0.15) is 63.6 Å². The monoisotopic (exact) mass is 335 g/mol. The van der Waals surface area contributed by atoms with Crippen LogP contribution in [0, 0.1) is 0 Å². The number of carbonyl (C=O) groups excluding carboxylic acids is 1. The van der Waals surface area contributed by atoms with Gasteiger partial charge in [-0.2, -0.15) is 0 Å². The Bertz CT molecular complexity index is 718. The van der Waals surface area contributed by atoms with E-state index in [9.17, 15) is 4.79 Å². The van der Waals surface area contributed by atoms with E-state index in [1.807, 2.05) is 30.3 Å². The van der Waals surface area contributed by atoms with Crippen LogP contribution in [0.4, 0.5) is 5.69 Å². The number of nitrogens with one attached hydrogen (secondary N) is 1. The zero-order valence-corrected chi connectivity index (χ0v) is 16.0. The first-order valence-corrected chi connectivity index (χ1v) is 8.99. The molecule has 0 aromatic heterocycles. The van der Waals surface area contributed by atoms with Crippen LogP contribution in [0.2, 0.25) is 0 Å². The number of carbonyl (C=O) groups is 1. The van der Waals surface area contributed by atoms with E-state index in [2.05, 4.69) is 64.2 Å². The molecular weight excluding hydrogens is 306 g/mol. The van der Waals surface area contributed by atoms with Gasteiger partial charge in [-0.3, -0.25) is 4.79 Å². The highest BCUT2D eigenvalue weighted by Gasteiger charge is 2.12. The van der Waals surface area contributed by atoms with Crippen molar-refractivity contribution < 1.29 is 4.79 Å². The molecular formula is C23H29NO. The van der Waals surface area contributed by atoms with Gasteiger partial charge in [-0.25, -0.2) is 0 Å². The highest BCUT2D eigenvalue weighted by atomic mass is 16.1. The molecule has 0 spiro atoms. The number of rotatable bonds is 5. The Morgan fingerprint density at radius 2 is 1.64 bits per heavy atom. The van der Waals surface area contributed by atoms with Gasteiger partial charge in [0.1, 0.15) is 0 Å². The van der Waals surface area contributed by atoms with Crippen molar-refractivity contribution in [1.29, 1.82) is 0 Å². The summed E-state index contributed by atoms with van der Waals surface area (Å²) in [6.07, 6.45) is 4.53. The van der Waals surface area contributed by atoms with Gasteiger partial charge in [0, 0.05) is 11.8 Å². The molecule has 1 N–H and O–H groups in total. The van der Waals surface area contributed by atoms with Crippen LogP contribution < -0.4 is 5.32 Å². The van der Waals surface area contributed by atoms with E-state index in [0.717, 1.165) is 17.7 Å². The summed E-state index contributed by atoms with van der Waals surface area (Å²) >= 11 is 0. The molecule has 0 saturated heterocycles. The Balaban J connectivity index is 1.96. The summed E-state index contributed by atoms with van der Waals surface area (Å²) in [5, 5.41) is 2.91. The fourth-order valence-electron chi connectivity index (χ4n) is 2.58. The van der Waals surface area contributed by atoms with Crippen molar-refractivity contribution in [2.75, 3.05) is 5.32 Å². The molecule has 1 amide bonds. The fraction of sp³-hybridized carbons (Fsp3) is 0.348. The van der Waals surface area contributed by atoms with E-state index in [1.165, 1.54) is 11.1 Å². The normalized spacial score (nSPS) is 13.0. The van der Waals surface area contributed by atoms with Gasteiger partial charge in [0.05, 0.1) is 0 Å². The van der Waals surface area contributed by atoms with Crippen LogP contribution in [0.25, 0.3) is 6.08 Å². The lowest BCUT2D eigenvalue weighted by molar-refractivity contribution is -0.111. The third-order valence-corrected chi connectivity index (χ3v) is 4.56. The van der Waals surface area contributed by atoms with Crippen LogP contribution in [-0.2, 0) is 10.2 Å². The largest absolute Gasteiger partial charge is 0.323 e. The summed E-state index contributed by atoms with van der Waals surface area (Å²) in [4.78, 5) is 12.1. The average molecular weight is 335 g/mol. The molecule has 2 nitrogen and oxygen atoms in total. The number of hydrogen-bond acceptors (Lipinski definition) is 1. The summed E-state index contributed by atoms with van der Waals surface area (Å²) in [6.45, 7) is 11.0. The maximum Gasteiger partial charge on any atom is 0.248 e. The predicted molar refractivity (Wildman–Crippen MR) is 108 cm³/mol. The predicted octanol–water partition coefficient (Wildman–Crippen LogP) is 6.15. The van der Waals surface area contributed by atoms with E-state index in [-0.39, 0.29) is 11.3 Å². The van der Waals surface area contributed by atoms with E-state index in [4.69, 9.17) is 0 Å². The first-order valence-electron chi connectivity index (χ1n) is 8.99. The lowest BCUT2D eigenvalue weighted by Crippen LogP contribution is -2.10. The van der Waals surface area contributed by atoms with Crippen LogP contribution in [-0.4, -0.2) is 5.91 Å². The Hall–Kier alpha value is -2.35. The van der Waals surface area contributed by atoms with Crippen molar-refractivity contribution >= 4 is 17.7 Å². The second-order valence-electron chi connectivity index (χ2n) is 7.63. The lowest BCUT2D eigenvalue weighted by Gasteiger charge is -2.18. The standard InChI is InChI=1S/C23H29NO/c1-6-17(2)19-10-14-21(15-11-19)24-22(25)16-9-18-7-12-20(13-8-18)23(3,4)5/h7-17H,6H2,1-5H3,(H,24,25)/b16-9+. The molecule has 0 fully saturated rings. The summed E-state index contributed by atoms with van der Waals surface area (Å²) in [7, 11) is 0. The van der Waals surface area contributed by atoms with Crippen molar-refractivity contribution in [1.82, 2.24) is 0 Å². The Morgan fingerprint density at radius 3 is 2.16 bits per heavy atom. The third kappa shape index (κ3) is 5.60. The molecule has 25 heavy (non-hydrogen) atoms. The van der Waals surface area contributed by atoms with Gasteiger partial charge in [-0.05, 0) is 52.7 Å². The van der Waals surface area contributed by atoms with Crippen molar-refractivity contribution in [2.24, 2.45) is 0 Å². The van der Waals surface area contributed by atoms with Gasteiger partial charge in [0.25, 0.3) is 0 Å². The van der Waals surface area contributed by atoms with Gasteiger partial charge >= 0.3 is 0 Å². The molecule has 0 bridgehead atoms. The van der Waals surface area contributed by atoms with Gasteiger partial charge in [-0.1, -0.05) is 71.0 Å². The zero-order chi connectivity index (χ0) is 18.4. The van der Waals surface area contributed by atoms with Gasteiger partial charge < -0.3 is 5.32 Å². The van der Waals surface area contributed by atoms with Gasteiger partial charge in [0.15, 0.2) is 0 Å². The summed E-state index contributed by atoms with van der Waals surface area (Å²) in [6, 6.07) is 16.4. The van der Waals surface area contributed by atoms with E-state index in [1.54, 1.807) is 6.08 Å². The van der Waals surface area contributed by atoms with Crippen molar-refractivity contribution in [3.63, 3.8) is 0 Å². The van der Waals surface area contributed by atoms with Crippen molar-refractivity contribution in [3.8, 4) is 0 Å². The van der Waals surface area contributed by atoms with E-state index < -0.39 is 0 Å². The smallest absolute Gasteiger partial charge is 0.248 e. The first kappa shape index (κ1) is 19.0. The van der Waals surface area contributed by atoms with Crippen LogP contribution in [0.15, 0.2) is 54.6 Å². The molecule has 0 heterocycles. The minimum absolute atomic E-state index is 0.115. The molecule has 2 heteroatoms. The second-order valence-corrected chi connectivity index (χ2v) is 7.63. The maximum atomic E-state index is 12.1. The quantitative estimate of drug-likeness (QED) is 0.652. The molecule has 0 aliphatic heterocycles. The molecule has 2 aromatic carbocycles. The molecule has 1 unspecified atom stereocenters. The minimum Gasteiger partial charge on any atom is -0.323 e. The minimum atomic E-state index is -0.115. The molecule has 0 radical (unpaired) electrons.